The lowest BCUT2D eigenvalue weighted by Crippen LogP contribution is -2.53. The summed E-state index contributed by atoms with van der Waals surface area (Å²) in [4.78, 5) is 12.6. The molecule has 3 aliphatic rings. The van der Waals surface area contributed by atoms with E-state index in [-0.39, 0.29) is 17.3 Å². The number of benzene rings is 1. The minimum Gasteiger partial charge on any atom is -0.490 e. The molecule has 4 rings (SSSR count). The zero-order valence-electron chi connectivity index (χ0n) is 15.1. The SMILES string of the molecule is C[C@H]1Oc2cc(OS(N)(=O)=O)ccc2[C@H]2CC[C@]3(C)C(=O)CCC[C@H]3[C@H]21. The molecular formula is C19H25NO5S. The molecule has 1 heterocycles. The first-order valence-electron chi connectivity index (χ1n) is 9.25. The standard InChI is InChI=1S/C19H25NO5S/c1-11-18-14(8-9-19(2)15(18)4-3-5-17(19)21)13-7-6-12(10-16(13)24-11)25-26(20,22)23/h6-7,10-11,14-15,18H,3-5,8-9H2,1-2H3,(H2,20,22,23)/t11-,14-,15+,18+,19+/m1/s1. The van der Waals surface area contributed by atoms with Crippen LogP contribution in [0.15, 0.2) is 18.2 Å². The van der Waals surface area contributed by atoms with Gasteiger partial charge in [0.1, 0.15) is 17.3 Å². The van der Waals surface area contributed by atoms with Gasteiger partial charge in [-0.1, -0.05) is 13.0 Å². The van der Waals surface area contributed by atoms with Crippen LogP contribution in [0.1, 0.15) is 57.4 Å². The molecule has 142 valence electrons. The topological polar surface area (TPSA) is 95.7 Å². The Morgan fingerprint density at radius 1 is 1.31 bits per heavy atom. The maximum absolute atomic E-state index is 12.6. The van der Waals surface area contributed by atoms with Gasteiger partial charge in [0.2, 0.25) is 0 Å². The van der Waals surface area contributed by atoms with E-state index >= 15 is 0 Å². The van der Waals surface area contributed by atoms with Crippen LogP contribution in [0, 0.1) is 17.3 Å². The molecule has 0 bridgehead atoms. The van der Waals surface area contributed by atoms with Gasteiger partial charge in [0.15, 0.2) is 0 Å². The lowest BCUT2D eigenvalue weighted by molar-refractivity contribution is -0.143. The molecular weight excluding hydrogens is 354 g/mol. The number of ether oxygens (including phenoxy) is 1. The smallest absolute Gasteiger partial charge is 0.380 e. The Kier molecular flexibility index (Phi) is 4.08. The van der Waals surface area contributed by atoms with E-state index in [9.17, 15) is 13.2 Å². The largest absolute Gasteiger partial charge is 0.490 e. The Morgan fingerprint density at radius 2 is 2.08 bits per heavy atom. The average Bonchev–Trinajstić information content (AvgIpc) is 2.54. The van der Waals surface area contributed by atoms with Gasteiger partial charge in [0.05, 0.1) is 6.10 Å². The van der Waals surface area contributed by atoms with Gasteiger partial charge in [0.25, 0.3) is 0 Å². The molecule has 6 nitrogen and oxygen atoms in total. The highest BCUT2D eigenvalue weighted by Crippen LogP contribution is 2.59. The van der Waals surface area contributed by atoms with Crippen molar-refractivity contribution in [2.45, 2.75) is 58.0 Å². The molecule has 0 amide bonds. The van der Waals surface area contributed by atoms with Crippen LogP contribution in [0.5, 0.6) is 11.5 Å². The zero-order valence-corrected chi connectivity index (χ0v) is 15.9. The second kappa shape index (κ2) is 5.96. The minimum absolute atomic E-state index is 0.0345. The van der Waals surface area contributed by atoms with Gasteiger partial charge in [-0.05, 0) is 56.1 Å². The van der Waals surface area contributed by atoms with Crippen molar-refractivity contribution in [2.75, 3.05) is 0 Å². The van der Waals surface area contributed by atoms with Crippen LogP contribution in [0.4, 0.5) is 0 Å². The molecule has 2 saturated carbocycles. The summed E-state index contributed by atoms with van der Waals surface area (Å²) in [5.41, 5.74) is 0.848. The minimum atomic E-state index is -4.06. The van der Waals surface area contributed by atoms with E-state index < -0.39 is 10.3 Å². The van der Waals surface area contributed by atoms with Crippen LogP contribution in [0.3, 0.4) is 0 Å². The van der Waals surface area contributed by atoms with E-state index in [1.165, 1.54) is 0 Å². The Labute approximate surface area is 154 Å². The molecule has 2 N–H and O–H groups in total. The highest BCUT2D eigenvalue weighted by molar-refractivity contribution is 7.84. The van der Waals surface area contributed by atoms with Crippen molar-refractivity contribution >= 4 is 16.1 Å². The molecule has 0 radical (unpaired) electrons. The summed E-state index contributed by atoms with van der Waals surface area (Å²) in [6.07, 6.45) is 4.54. The summed E-state index contributed by atoms with van der Waals surface area (Å²) in [6.45, 7) is 4.19. The number of Topliss-reactive ketones (excluding diaryl/α,β-unsaturated/α-hetero) is 1. The quantitative estimate of drug-likeness (QED) is 0.852. The first-order valence-corrected chi connectivity index (χ1v) is 10.7. The predicted molar refractivity (Wildman–Crippen MR) is 96.2 cm³/mol. The number of carbonyl (C=O) groups is 1. The number of carbonyl (C=O) groups excluding carboxylic acids is 1. The lowest BCUT2D eigenvalue weighted by atomic mass is 9.51. The molecule has 0 aromatic heterocycles. The van der Waals surface area contributed by atoms with Crippen molar-refractivity contribution in [3.05, 3.63) is 23.8 Å². The summed E-state index contributed by atoms with van der Waals surface area (Å²) in [5, 5.41) is 4.96. The van der Waals surface area contributed by atoms with E-state index in [2.05, 4.69) is 13.8 Å². The van der Waals surface area contributed by atoms with Gasteiger partial charge in [0, 0.05) is 23.8 Å². The molecule has 5 atom stereocenters. The van der Waals surface area contributed by atoms with Crippen molar-refractivity contribution in [3.8, 4) is 11.5 Å². The molecule has 2 fully saturated rings. The van der Waals surface area contributed by atoms with Crippen LogP contribution in [0.2, 0.25) is 0 Å². The van der Waals surface area contributed by atoms with E-state index in [0.29, 0.717) is 35.7 Å². The molecule has 26 heavy (non-hydrogen) atoms. The Hall–Kier alpha value is -1.60. The molecule has 1 aromatic carbocycles. The molecule has 1 aliphatic heterocycles. The van der Waals surface area contributed by atoms with Crippen molar-refractivity contribution in [1.29, 1.82) is 0 Å². The van der Waals surface area contributed by atoms with E-state index in [1.807, 2.05) is 6.07 Å². The van der Waals surface area contributed by atoms with Crippen molar-refractivity contribution in [3.63, 3.8) is 0 Å². The predicted octanol–water partition coefficient (Wildman–Crippen LogP) is 2.92. The van der Waals surface area contributed by atoms with E-state index in [4.69, 9.17) is 14.1 Å². The number of fused-ring (bicyclic) bond motifs is 5. The molecule has 0 unspecified atom stereocenters. The summed E-state index contributed by atoms with van der Waals surface area (Å²) < 4.78 is 33.3. The summed E-state index contributed by atoms with van der Waals surface area (Å²) in [5.74, 6) is 2.18. The maximum Gasteiger partial charge on any atom is 0.380 e. The maximum atomic E-state index is 12.6. The van der Waals surface area contributed by atoms with Gasteiger partial charge < -0.3 is 8.92 Å². The normalized spacial score (nSPS) is 36.3. The highest BCUT2D eigenvalue weighted by Gasteiger charge is 2.55. The van der Waals surface area contributed by atoms with Crippen LogP contribution >= 0.6 is 0 Å². The van der Waals surface area contributed by atoms with E-state index in [1.54, 1.807) is 12.1 Å². The molecule has 7 heteroatoms. The average molecular weight is 379 g/mol. The van der Waals surface area contributed by atoms with Crippen LogP contribution in [0.25, 0.3) is 0 Å². The van der Waals surface area contributed by atoms with Crippen molar-refractivity contribution in [2.24, 2.45) is 22.4 Å². The van der Waals surface area contributed by atoms with Gasteiger partial charge in [-0.15, -0.1) is 0 Å². The number of rotatable bonds is 2. The van der Waals surface area contributed by atoms with Gasteiger partial charge in [-0.25, -0.2) is 0 Å². The van der Waals surface area contributed by atoms with Gasteiger partial charge in [-0.2, -0.15) is 13.6 Å². The fourth-order valence-electron chi connectivity index (χ4n) is 5.57. The second-order valence-electron chi connectivity index (χ2n) is 8.16. The third kappa shape index (κ3) is 2.81. The van der Waals surface area contributed by atoms with Gasteiger partial charge >= 0.3 is 10.3 Å². The van der Waals surface area contributed by atoms with Gasteiger partial charge in [-0.3, -0.25) is 4.79 Å². The first-order chi connectivity index (χ1) is 12.2. The molecule has 0 spiro atoms. The second-order valence-corrected chi connectivity index (χ2v) is 9.31. The van der Waals surface area contributed by atoms with Crippen molar-refractivity contribution in [1.82, 2.24) is 0 Å². The zero-order chi connectivity index (χ0) is 18.7. The summed E-state index contributed by atoms with van der Waals surface area (Å²) in [7, 11) is -4.06. The fourth-order valence-corrected chi connectivity index (χ4v) is 5.94. The lowest BCUT2D eigenvalue weighted by Gasteiger charge is -2.54. The number of hydrogen-bond donors (Lipinski definition) is 1. The highest BCUT2D eigenvalue weighted by atomic mass is 32.2. The number of nitrogens with two attached hydrogens (primary N) is 1. The third-order valence-corrected chi connectivity index (χ3v) is 7.15. The molecule has 2 aliphatic carbocycles. The van der Waals surface area contributed by atoms with Crippen LogP contribution in [-0.4, -0.2) is 20.3 Å². The summed E-state index contributed by atoms with van der Waals surface area (Å²) >= 11 is 0. The van der Waals surface area contributed by atoms with E-state index in [0.717, 1.165) is 31.2 Å². The number of ketones is 1. The Morgan fingerprint density at radius 3 is 2.81 bits per heavy atom. The molecule has 1 aromatic rings. The Balaban J connectivity index is 1.69. The summed E-state index contributed by atoms with van der Waals surface area (Å²) in [6, 6.07) is 5.11. The third-order valence-electron chi connectivity index (χ3n) is 6.73. The van der Waals surface area contributed by atoms with Crippen LogP contribution in [-0.2, 0) is 15.1 Å². The Bertz CT molecular complexity index is 851. The number of hydrogen-bond acceptors (Lipinski definition) is 5. The first kappa shape index (κ1) is 17.8. The van der Waals surface area contributed by atoms with Crippen molar-refractivity contribution < 1.29 is 22.1 Å². The van der Waals surface area contributed by atoms with Crippen LogP contribution < -0.4 is 14.1 Å². The molecule has 0 saturated heterocycles. The fraction of sp³-hybridized carbons (Fsp3) is 0.632. The monoisotopic (exact) mass is 379 g/mol.